The van der Waals surface area contributed by atoms with Gasteiger partial charge in [0.15, 0.2) is 0 Å². The number of nitrogens with two attached hydrogens (primary N) is 1. The number of nitrogen functional groups attached to an aromatic ring is 1. The Morgan fingerprint density at radius 3 is 2.60 bits per heavy atom. The van der Waals surface area contributed by atoms with Crippen molar-refractivity contribution >= 4 is 15.7 Å². The fourth-order valence-electron chi connectivity index (χ4n) is 1.09. The third-order valence-corrected chi connectivity index (χ3v) is 3.50. The van der Waals surface area contributed by atoms with Gasteiger partial charge in [-0.3, -0.25) is 0 Å². The number of para-hydroxylation sites is 1. The van der Waals surface area contributed by atoms with Crippen LogP contribution < -0.4 is 10.5 Å². The molecule has 1 unspecified atom stereocenters. The maximum atomic E-state index is 11.7. The third-order valence-electron chi connectivity index (χ3n) is 1.84. The zero-order valence-electron chi connectivity index (χ0n) is 8.34. The van der Waals surface area contributed by atoms with Crippen LogP contribution >= 0.6 is 0 Å². The SMILES string of the molecule is CC(CO)NS(=O)(=O)c1ccccc1N. The zero-order chi connectivity index (χ0) is 11.5. The van der Waals surface area contributed by atoms with Crippen LogP contribution in [0.3, 0.4) is 0 Å². The highest BCUT2D eigenvalue weighted by atomic mass is 32.2. The molecule has 0 aliphatic rings. The van der Waals surface area contributed by atoms with Crippen LogP contribution in [-0.2, 0) is 10.0 Å². The molecule has 0 heterocycles. The first-order chi connectivity index (χ1) is 6.97. The summed E-state index contributed by atoms with van der Waals surface area (Å²) in [4.78, 5) is 0.0327. The molecular formula is C9H14N2O3S. The Morgan fingerprint density at radius 2 is 2.07 bits per heavy atom. The van der Waals surface area contributed by atoms with E-state index in [0.29, 0.717) is 0 Å². The van der Waals surface area contributed by atoms with E-state index in [4.69, 9.17) is 10.8 Å². The smallest absolute Gasteiger partial charge is 0.242 e. The Morgan fingerprint density at radius 1 is 1.47 bits per heavy atom. The van der Waals surface area contributed by atoms with E-state index in [2.05, 4.69) is 4.72 Å². The van der Waals surface area contributed by atoms with Crippen LogP contribution in [0.5, 0.6) is 0 Å². The summed E-state index contributed by atoms with van der Waals surface area (Å²) in [6.07, 6.45) is 0. The van der Waals surface area contributed by atoms with Gasteiger partial charge in [0.1, 0.15) is 4.90 Å². The van der Waals surface area contributed by atoms with Gasteiger partial charge in [0.25, 0.3) is 0 Å². The maximum absolute atomic E-state index is 11.7. The highest BCUT2D eigenvalue weighted by Gasteiger charge is 2.18. The van der Waals surface area contributed by atoms with Crippen molar-refractivity contribution in [2.45, 2.75) is 17.9 Å². The number of aliphatic hydroxyl groups is 1. The number of nitrogens with one attached hydrogen (secondary N) is 1. The van der Waals surface area contributed by atoms with Crippen molar-refractivity contribution < 1.29 is 13.5 Å². The van der Waals surface area contributed by atoms with Crippen molar-refractivity contribution in [2.75, 3.05) is 12.3 Å². The molecule has 0 amide bonds. The summed E-state index contributed by atoms with van der Waals surface area (Å²) in [5.74, 6) is 0. The molecule has 0 radical (unpaired) electrons. The van der Waals surface area contributed by atoms with Crippen molar-refractivity contribution in [3.63, 3.8) is 0 Å². The molecule has 1 rings (SSSR count). The van der Waals surface area contributed by atoms with Gasteiger partial charge in [-0.25, -0.2) is 13.1 Å². The Kier molecular flexibility index (Phi) is 3.67. The molecule has 84 valence electrons. The van der Waals surface area contributed by atoms with Gasteiger partial charge in [0, 0.05) is 6.04 Å². The number of aliphatic hydroxyl groups excluding tert-OH is 1. The van der Waals surface area contributed by atoms with Crippen LogP contribution in [0, 0.1) is 0 Å². The highest BCUT2D eigenvalue weighted by molar-refractivity contribution is 7.89. The largest absolute Gasteiger partial charge is 0.398 e. The average Bonchev–Trinajstić information content (AvgIpc) is 2.17. The lowest BCUT2D eigenvalue weighted by molar-refractivity contribution is 0.265. The maximum Gasteiger partial charge on any atom is 0.242 e. The lowest BCUT2D eigenvalue weighted by Crippen LogP contribution is -2.35. The number of sulfonamides is 1. The molecule has 6 heteroatoms. The molecule has 0 aliphatic carbocycles. The van der Waals surface area contributed by atoms with Crippen molar-refractivity contribution in [1.82, 2.24) is 4.72 Å². The molecule has 1 atom stereocenters. The minimum absolute atomic E-state index is 0.0327. The van der Waals surface area contributed by atoms with E-state index >= 15 is 0 Å². The van der Waals surface area contributed by atoms with Gasteiger partial charge in [-0.2, -0.15) is 0 Å². The molecule has 0 saturated carbocycles. The van der Waals surface area contributed by atoms with E-state index in [1.807, 2.05) is 0 Å². The number of anilines is 1. The number of hydrogen-bond acceptors (Lipinski definition) is 4. The number of benzene rings is 1. The van der Waals surface area contributed by atoms with E-state index in [1.54, 1.807) is 19.1 Å². The molecule has 4 N–H and O–H groups in total. The van der Waals surface area contributed by atoms with Gasteiger partial charge in [-0.05, 0) is 19.1 Å². The minimum atomic E-state index is -3.64. The topological polar surface area (TPSA) is 92.4 Å². The predicted octanol–water partition coefficient (Wildman–Crippen LogP) is -0.0721. The monoisotopic (exact) mass is 230 g/mol. The second-order valence-corrected chi connectivity index (χ2v) is 4.93. The summed E-state index contributed by atoms with van der Waals surface area (Å²) in [7, 11) is -3.64. The summed E-state index contributed by atoms with van der Waals surface area (Å²) in [5, 5.41) is 8.76. The fourth-order valence-corrected chi connectivity index (χ4v) is 2.46. The van der Waals surface area contributed by atoms with Crippen LogP contribution in [0.15, 0.2) is 29.2 Å². The second-order valence-electron chi connectivity index (χ2n) is 3.24. The Hall–Kier alpha value is -1.11. The van der Waals surface area contributed by atoms with Crippen LogP contribution in [0.1, 0.15) is 6.92 Å². The molecule has 0 aliphatic heterocycles. The van der Waals surface area contributed by atoms with Crippen molar-refractivity contribution in [3.8, 4) is 0 Å². The highest BCUT2D eigenvalue weighted by Crippen LogP contribution is 2.16. The number of hydrogen-bond donors (Lipinski definition) is 3. The predicted molar refractivity (Wildman–Crippen MR) is 57.7 cm³/mol. The van der Waals surface area contributed by atoms with E-state index in [-0.39, 0.29) is 17.2 Å². The van der Waals surface area contributed by atoms with E-state index in [9.17, 15) is 8.42 Å². The molecule has 0 fully saturated rings. The fraction of sp³-hybridized carbons (Fsp3) is 0.333. The summed E-state index contributed by atoms with van der Waals surface area (Å²) >= 11 is 0. The van der Waals surface area contributed by atoms with Crippen LogP contribution in [0.4, 0.5) is 5.69 Å². The van der Waals surface area contributed by atoms with Gasteiger partial charge in [0.05, 0.1) is 12.3 Å². The first kappa shape index (κ1) is 12.0. The quantitative estimate of drug-likeness (QED) is 0.631. The lowest BCUT2D eigenvalue weighted by Gasteiger charge is -2.12. The lowest BCUT2D eigenvalue weighted by atomic mass is 10.3. The second kappa shape index (κ2) is 4.61. The summed E-state index contributed by atoms with van der Waals surface area (Å²) in [5.41, 5.74) is 5.73. The van der Waals surface area contributed by atoms with Crippen LogP contribution in [0.25, 0.3) is 0 Å². The van der Waals surface area contributed by atoms with Gasteiger partial charge in [0.2, 0.25) is 10.0 Å². The number of rotatable bonds is 4. The van der Waals surface area contributed by atoms with Gasteiger partial charge >= 0.3 is 0 Å². The molecule has 15 heavy (non-hydrogen) atoms. The molecule has 1 aromatic carbocycles. The normalized spacial score (nSPS) is 13.7. The Bertz CT molecular complexity index is 431. The molecule has 0 spiro atoms. The van der Waals surface area contributed by atoms with E-state index < -0.39 is 16.1 Å². The van der Waals surface area contributed by atoms with Gasteiger partial charge in [-0.15, -0.1) is 0 Å². The molecule has 1 aromatic rings. The van der Waals surface area contributed by atoms with Crippen molar-refractivity contribution in [2.24, 2.45) is 0 Å². The van der Waals surface area contributed by atoms with E-state index in [1.165, 1.54) is 12.1 Å². The molecule has 0 saturated heterocycles. The van der Waals surface area contributed by atoms with Gasteiger partial charge in [-0.1, -0.05) is 12.1 Å². The summed E-state index contributed by atoms with van der Waals surface area (Å²) in [6.45, 7) is 1.31. The van der Waals surface area contributed by atoms with Crippen molar-refractivity contribution in [3.05, 3.63) is 24.3 Å². The summed E-state index contributed by atoms with van der Waals surface area (Å²) < 4.78 is 25.7. The first-order valence-electron chi connectivity index (χ1n) is 4.45. The van der Waals surface area contributed by atoms with Crippen molar-refractivity contribution in [1.29, 1.82) is 0 Å². The Labute approximate surface area is 89.0 Å². The zero-order valence-corrected chi connectivity index (χ0v) is 9.16. The molecule has 0 aromatic heterocycles. The summed E-state index contributed by atoms with van der Waals surface area (Å²) in [6, 6.07) is 5.65. The van der Waals surface area contributed by atoms with Crippen LogP contribution in [-0.4, -0.2) is 26.2 Å². The Balaban J connectivity index is 3.02. The molecular weight excluding hydrogens is 216 g/mol. The molecule has 0 bridgehead atoms. The first-order valence-corrected chi connectivity index (χ1v) is 5.93. The van der Waals surface area contributed by atoms with E-state index in [0.717, 1.165) is 0 Å². The van der Waals surface area contributed by atoms with Crippen LogP contribution in [0.2, 0.25) is 0 Å². The molecule has 5 nitrogen and oxygen atoms in total. The minimum Gasteiger partial charge on any atom is -0.398 e. The average molecular weight is 230 g/mol. The standard InChI is InChI=1S/C9H14N2O3S/c1-7(6-12)11-15(13,14)9-5-3-2-4-8(9)10/h2-5,7,11-12H,6,10H2,1H3. The van der Waals surface area contributed by atoms with Gasteiger partial charge < -0.3 is 10.8 Å². The third kappa shape index (κ3) is 2.92.